The molecule has 0 fully saturated rings. The molecule has 1 aromatic carbocycles. The van der Waals surface area contributed by atoms with E-state index in [1.165, 1.54) is 5.56 Å². The first kappa shape index (κ1) is 13.0. The smallest absolute Gasteiger partial charge is 0.267 e. The highest BCUT2D eigenvalue weighted by molar-refractivity contribution is 5.94. The Balaban J connectivity index is 1.74. The molecule has 0 spiro atoms. The van der Waals surface area contributed by atoms with Gasteiger partial charge in [0.25, 0.3) is 5.91 Å². The highest BCUT2D eigenvalue weighted by atomic mass is 16.2. The van der Waals surface area contributed by atoms with Gasteiger partial charge in [0.2, 0.25) is 0 Å². The molecule has 1 amide bonds. The Morgan fingerprint density at radius 2 is 1.89 bits per heavy atom. The minimum Gasteiger partial charge on any atom is -0.267 e. The van der Waals surface area contributed by atoms with E-state index in [0.29, 0.717) is 5.56 Å². The van der Waals surface area contributed by atoms with Gasteiger partial charge in [0.15, 0.2) is 0 Å². The average molecular weight is 253 g/mol. The van der Waals surface area contributed by atoms with Gasteiger partial charge in [-0.3, -0.25) is 9.78 Å². The summed E-state index contributed by atoms with van der Waals surface area (Å²) < 4.78 is 0. The molecule has 0 aliphatic heterocycles. The van der Waals surface area contributed by atoms with Crippen LogP contribution in [0.3, 0.4) is 0 Å². The summed E-state index contributed by atoms with van der Waals surface area (Å²) >= 11 is 0. The number of carbonyl (C=O) groups is 1. The highest BCUT2D eigenvalue weighted by Gasteiger charge is 2.01. The monoisotopic (exact) mass is 253 g/mol. The van der Waals surface area contributed by atoms with Gasteiger partial charge in [0.05, 0.1) is 0 Å². The second-order valence-electron chi connectivity index (χ2n) is 4.01. The molecule has 0 saturated heterocycles. The second kappa shape index (κ2) is 7.06. The predicted molar refractivity (Wildman–Crippen MR) is 75.0 cm³/mol. The molecule has 4 nitrogen and oxygen atoms in total. The SMILES string of the molecule is O=C(N/N=C\CCc1ccccc1)c1ccncc1. The maximum atomic E-state index is 11.6. The molecule has 1 N–H and O–H groups in total. The van der Waals surface area contributed by atoms with Crippen LogP contribution in [0.5, 0.6) is 0 Å². The molecule has 1 heterocycles. The molecule has 0 radical (unpaired) electrons. The molecule has 0 atom stereocenters. The van der Waals surface area contributed by atoms with E-state index in [0.717, 1.165) is 12.8 Å². The topological polar surface area (TPSA) is 54.4 Å². The van der Waals surface area contributed by atoms with Crippen molar-refractivity contribution >= 4 is 12.1 Å². The number of carbonyl (C=O) groups excluding carboxylic acids is 1. The molecule has 2 aromatic rings. The molecule has 19 heavy (non-hydrogen) atoms. The van der Waals surface area contributed by atoms with Gasteiger partial charge in [-0.2, -0.15) is 5.10 Å². The van der Waals surface area contributed by atoms with Crippen LogP contribution in [0, 0.1) is 0 Å². The summed E-state index contributed by atoms with van der Waals surface area (Å²) in [7, 11) is 0. The fourth-order valence-electron chi connectivity index (χ4n) is 1.61. The second-order valence-corrected chi connectivity index (χ2v) is 4.01. The Hall–Kier alpha value is -2.49. The van der Waals surface area contributed by atoms with Gasteiger partial charge < -0.3 is 0 Å². The van der Waals surface area contributed by atoms with E-state index in [9.17, 15) is 4.79 Å². The standard InChI is InChI=1S/C15H15N3O/c19-15(14-8-11-16-12-9-14)18-17-10-4-7-13-5-2-1-3-6-13/h1-3,5-6,8-12H,4,7H2,(H,18,19)/b17-10-. The highest BCUT2D eigenvalue weighted by Crippen LogP contribution is 2.00. The van der Waals surface area contributed by atoms with Crippen LogP contribution in [0.15, 0.2) is 60.0 Å². The molecule has 0 saturated carbocycles. The molecule has 96 valence electrons. The number of amides is 1. The largest absolute Gasteiger partial charge is 0.271 e. The number of hydrogen-bond acceptors (Lipinski definition) is 3. The first-order valence-corrected chi connectivity index (χ1v) is 6.12. The van der Waals surface area contributed by atoms with E-state index in [1.54, 1.807) is 30.7 Å². The molecule has 4 heteroatoms. The third-order valence-corrected chi connectivity index (χ3v) is 2.60. The first-order valence-electron chi connectivity index (χ1n) is 6.12. The normalized spacial score (nSPS) is 10.5. The molecule has 2 rings (SSSR count). The number of benzene rings is 1. The van der Waals surface area contributed by atoms with E-state index in [-0.39, 0.29) is 5.91 Å². The Morgan fingerprint density at radius 3 is 2.63 bits per heavy atom. The van der Waals surface area contributed by atoms with E-state index >= 15 is 0 Å². The fourth-order valence-corrected chi connectivity index (χ4v) is 1.61. The quantitative estimate of drug-likeness (QED) is 0.657. The molecule has 0 bridgehead atoms. The van der Waals surface area contributed by atoms with Gasteiger partial charge in [0, 0.05) is 24.2 Å². The number of hydrogen-bond donors (Lipinski definition) is 1. The number of pyridine rings is 1. The summed E-state index contributed by atoms with van der Waals surface area (Å²) in [6.07, 6.45) is 6.57. The Morgan fingerprint density at radius 1 is 1.16 bits per heavy atom. The van der Waals surface area contributed by atoms with Crippen molar-refractivity contribution in [2.24, 2.45) is 5.10 Å². The Labute approximate surface area is 112 Å². The zero-order valence-electron chi connectivity index (χ0n) is 10.5. The zero-order chi connectivity index (χ0) is 13.3. The zero-order valence-corrected chi connectivity index (χ0v) is 10.5. The first-order chi connectivity index (χ1) is 9.36. The Kier molecular flexibility index (Phi) is 4.81. The van der Waals surface area contributed by atoms with Crippen LogP contribution < -0.4 is 5.43 Å². The fraction of sp³-hybridized carbons (Fsp3) is 0.133. The van der Waals surface area contributed by atoms with Crippen molar-refractivity contribution in [2.75, 3.05) is 0 Å². The van der Waals surface area contributed by atoms with Gasteiger partial charge in [-0.1, -0.05) is 30.3 Å². The summed E-state index contributed by atoms with van der Waals surface area (Å²) in [6.45, 7) is 0. The van der Waals surface area contributed by atoms with E-state index in [4.69, 9.17) is 0 Å². The number of hydrazone groups is 1. The lowest BCUT2D eigenvalue weighted by molar-refractivity contribution is 0.0955. The third-order valence-electron chi connectivity index (χ3n) is 2.60. The van der Waals surface area contributed by atoms with Crippen molar-refractivity contribution in [1.82, 2.24) is 10.4 Å². The lowest BCUT2D eigenvalue weighted by atomic mass is 10.1. The van der Waals surface area contributed by atoms with Crippen LogP contribution in [-0.2, 0) is 6.42 Å². The van der Waals surface area contributed by atoms with Crippen molar-refractivity contribution in [2.45, 2.75) is 12.8 Å². The molecule has 1 aromatic heterocycles. The van der Waals surface area contributed by atoms with Crippen LogP contribution in [0.2, 0.25) is 0 Å². The van der Waals surface area contributed by atoms with Gasteiger partial charge in [-0.15, -0.1) is 0 Å². The van der Waals surface area contributed by atoms with Crippen LogP contribution in [0.25, 0.3) is 0 Å². The van der Waals surface area contributed by atoms with Crippen LogP contribution >= 0.6 is 0 Å². The lowest BCUT2D eigenvalue weighted by Crippen LogP contribution is -2.17. The number of aromatic nitrogens is 1. The van der Waals surface area contributed by atoms with Crippen LogP contribution in [0.4, 0.5) is 0 Å². The average Bonchev–Trinajstić information content (AvgIpc) is 2.49. The molecule has 0 unspecified atom stereocenters. The Bertz CT molecular complexity index is 538. The molecular weight excluding hydrogens is 238 g/mol. The number of nitrogens with zero attached hydrogens (tertiary/aromatic N) is 2. The molecule has 0 aliphatic rings. The summed E-state index contributed by atoms with van der Waals surface area (Å²) in [6, 6.07) is 13.5. The number of rotatable bonds is 5. The minimum atomic E-state index is -0.224. The van der Waals surface area contributed by atoms with E-state index in [2.05, 4.69) is 27.6 Å². The third kappa shape index (κ3) is 4.35. The molecular formula is C15H15N3O. The van der Waals surface area contributed by atoms with Crippen molar-refractivity contribution in [1.29, 1.82) is 0 Å². The summed E-state index contributed by atoms with van der Waals surface area (Å²) in [5.41, 5.74) is 4.30. The van der Waals surface area contributed by atoms with Gasteiger partial charge in [-0.25, -0.2) is 5.43 Å². The van der Waals surface area contributed by atoms with Crippen LogP contribution in [-0.4, -0.2) is 17.1 Å². The summed E-state index contributed by atoms with van der Waals surface area (Å²) in [5.74, 6) is -0.224. The number of aryl methyl sites for hydroxylation is 1. The van der Waals surface area contributed by atoms with Crippen LogP contribution in [0.1, 0.15) is 22.3 Å². The van der Waals surface area contributed by atoms with Crippen molar-refractivity contribution in [3.63, 3.8) is 0 Å². The molecule has 0 aliphatic carbocycles. The van der Waals surface area contributed by atoms with Gasteiger partial charge in [-0.05, 0) is 30.5 Å². The lowest BCUT2D eigenvalue weighted by Gasteiger charge is -1.99. The maximum Gasteiger partial charge on any atom is 0.271 e. The van der Waals surface area contributed by atoms with Crippen molar-refractivity contribution < 1.29 is 4.79 Å². The van der Waals surface area contributed by atoms with Crippen molar-refractivity contribution in [3.05, 3.63) is 66.0 Å². The maximum absolute atomic E-state index is 11.6. The van der Waals surface area contributed by atoms with Crippen molar-refractivity contribution in [3.8, 4) is 0 Å². The minimum absolute atomic E-state index is 0.224. The van der Waals surface area contributed by atoms with E-state index < -0.39 is 0 Å². The predicted octanol–water partition coefficient (Wildman–Crippen LogP) is 2.43. The summed E-state index contributed by atoms with van der Waals surface area (Å²) in [4.78, 5) is 15.5. The summed E-state index contributed by atoms with van der Waals surface area (Å²) in [5, 5.41) is 3.92. The van der Waals surface area contributed by atoms with Gasteiger partial charge in [0.1, 0.15) is 0 Å². The van der Waals surface area contributed by atoms with Gasteiger partial charge >= 0.3 is 0 Å². The van der Waals surface area contributed by atoms with E-state index in [1.807, 2.05) is 18.2 Å². The number of nitrogens with one attached hydrogen (secondary N) is 1.